The van der Waals surface area contributed by atoms with E-state index in [9.17, 15) is 9.59 Å². The summed E-state index contributed by atoms with van der Waals surface area (Å²) in [4.78, 5) is 22.4. The van der Waals surface area contributed by atoms with Crippen LogP contribution in [-0.4, -0.2) is 37.5 Å². The summed E-state index contributed by atoms with van der Waals surface area (Å²) in [5.74, 6) is 1.54. The zero-order valence-corrected chi connectivity index (χ0v) is 6.87. The van der Waals surface area contributed by atoms with E-state index in [1.165, 1.54) is 6.92 Å². The fourth-order valence-electron chi connectivity index (χ4n) is 1.06. The van der Waals surface area contributed by atoms with Crippen molar-refractivity contribution in [2.75, 3.05) is 19.7 Å². The molecule has 1 saturated heterocycles. The SMILES string of the molecule is CC(=O)C1C[N+]([C]=C=O)CCO1. The van der Waals surface area contributed by atoms with Gasteiger partial charge < -0.3 is 4.74 Å². The molecule has 12 heavy (non-hydrogen) atoms. The summed E-state index contributed by atoms with van der Waals surface area (Å²) in [6, 6.07) is 0. The third kappa shape index (κ3) is 2.27. The van der Waals surface area contributed by atoms with Crippen LogP contribution in [0.1, 0.15) is 6.92 Å². The monoisotopic (exact) mass is 168 g/mol. The summed E-state index contributed by atoms with van der Waals surface area (Å²) in [7, 11) is 0. The Morgan fingerprint density at radius 1 is 1.67 bits per heavy atom. The van der Waals surface area contributed by atoms with Crippen LogP contribution in [-0.2, 0) is 14.3 Å². The molecule has 0 aliphatic carbocycles. The van der Waals surface area contributed by atoms with Crippen molar-refractivity contribution in [3.05, 3.63) is 6.20 Å². The van der Waals surface area contributed by atoms with E-state index in [2.05, 4.69) is 6.20 Å². The van der Waals surface area contributed by atoms with Crippen LogP contribution in [0.3, 0.4) is 0 Å². The summed E-state index contributed by atoms with van der Waals surface area (Å²) in [5, 5.41) is 0. The van der Waals surface area contributed by atoms with Crippen molar-refractivity contribution < 1.29 is 14.3 Å². The highest BCUT2D eigenvalue weighted by molar-refractivity contribution is 5.80. The fraction of sp³-hybridized carbons (Fsp3) is 0.625. The normalized spacial score (nSPS) is 24.6. The summed E-state index contributed by atoms with van der Waals surface area (Å²) in [6.07, 6.45) is 1.95. The molecule has 0 bridgehead atoms. The summed E-state index contributed by atoms with van der Waals surface area (Å²) >= 11 is 0. The highest BCUT2D eigenvalue weighted by atomic mass is 16.5. The highest BCUT2D eigenvalue weighted by Crippen LogP contribution is 2.02. The Morgan fingerprint density at radius 2 is 2.42 bits per heavy atom. The Kier molecular flexibility index (Phi) is 3.17. The van der Waals surface area contributed by atoms with Gasteiger partial charge in [-0.1, -0.05) is 0 Å². The van der Waals surface area contributed by atoms with Gasteiger partial charge >= 0.3 is 6.20 Å². The minimum atomic E-state index is -0.417. The third-order valence-electron chi connectivity index (χ3n) is 1.72. The van der Waals surface area contributed by atoms with Crippen LogP contribution in [0.15, 0.2) is 0 Å². The molecule has 2 radical (unpaired) electrons. The molecular formula is C8H10NO3+. The first-order valence-electron chi connectivity index (χ1n) is 3.74. The van der Waals surface area contributed by atoms with Crippen molar-refractivity contribution in [3.63, 3.8) is 0 Å². The van der Waals surface area contributed by atoms with Crippen LogP contribution in [0.5, 0.6) is 0 Å². The molecule has 1 rings (SSSR count). The lowest BCUT2D eigenvalue weighted by atomic mass is 10.2. The molecule has 0 saturated carbocycles. The molecule has 0 aromatic carbocycles. The highest BCUT2D eigenvalue weighted by Gasteiger charge is 2.30. The van der Waals surface area contributed by atoms with Crippen LogP contribution >= 0.6 is 0 Å². The summed E-state index contributed by atoms with van der Waals surface area (Å²) in [5.41, 5.74) is 0. The number of ketones is 1. The molecule has 1 aliphatic rings. The van der Waals surface area contributed by atoms with E-state index in [4.69, 9.17) is 4.74 Å². The Balaban J connectivity index is 2.51. The number of Topliss-reactive ketones (excluding diaryl/α,β-unsaturated/α-hetero) is 1. The Labute approximate surface area is 70.8 Å². The third-order valence-corrected chi connectivity index (χ3v) is 1.72. The molecule has 1 heterocycles. The number of hydrogen-bond donors (Lipinski definition) is 0. The van der Waals surface area contributed by atoms with E-state index < -0.39 is 6.10 Å². The molecule has 0 aromatic rings. The number of carbonyl (C=O) groups is 1. The van der Waals surface area contributed by atoms with E-state index >= 15 is 0 Å². The van der Waals surface area contributed by atoms with Gasteiger partial charge in [0.25, 0.3) is 0 Å². The van der Waals surface area contributed by atoms with Crippen molar-refractivity contribution in [2.45, 2.75) is 13.0 Å². The second kappa shape index (κ2) is 4.16. The van der Waals surface area contributed by atoms with Gasteiger partial charge in [0.1, 0.15) is 6.61 Å². The Hall–Kier alpha value is -0.960. The number of carbonyl (C=O) groups excluding carboxylic acids is 2. The molecule has 1 fully saturated rings. The predicted molar refractivity (Wildman–Crippen MR) is 41.2 cm³/mol. The van der Waals surface area contributed by atoms with Crippen LogP contribution in [0.4, 0.5) is 0 Å². The van der Waals surface area contributed by atoms with Gasteiger partial charge in [0.15, 0.2) is 25.0 Å². The topological polar surface area (TPSA) is 49.3 Å². The molecule has 4 nitrogen and oxygen atoms in total. The Bertz CT molecular complexity index is 212. The van der Waals surface area contributed by atoms with Crippen molar-refractivity contribution in [1.82, 2.24) is 4.90 Å². The zero-order chi connectivity index (χ0) is 8.97. The summed E-state index contributed by atoms with van der Waals surface area (Å²) in [6.45, 7) is 2.93. The molecule has 1 atom stereocenters. The second-order valence-electron chi connectivity index (χ2n) is 2.63. The van der Waals surface area contributed by atoms with E-state index in [-0.39, 0.29) is 5.78 Å². The quantitative estimate of drug-likeness (QED) is 0.403. The van der Waals surface area contributed by atoms with Gasteiger partial charge in [0.2, 0.25) is 5.94 Å². The molecule has 1 unspecified atom stereocenters. The number of rotatable bonds is 2. The molecule has 64 valence electrons. The lowest BCUT2D eigenvalue weighted by Crippen LogP contribution is -2.46. The number of hydrogen-bond acceptors (Lipinski definition) is 4. The zero-order valence-electron chi connectivity index (χ0n) is 6.87. The minimum Gasteiger partial charge on any atom is -0.358 e. The average molecular weight is 168 g/mol. The van der Waals surface area contributed by atoms with Crippen LogP contribution < -0.4 is 4.90 Å². The van der Waals surface area contributed by atoms with Gasteiger partial charge in [0, 0.05) is 0 Å². The van der Waals surface area contributed by atoms with Crippen molar-refractivity contribution >= 4 is 11.7 Å². The Morgan fingerprint density at radius 3 is 3.00 bits per heavy atom. The van der Waals surface area contributed by atoms with E-state index in [0.29, 0.717) is 19.7 Å². The van der Waals surface area contributed by atoms with E-state index in [1.807, 2.05) is 0 Å². The number of ether oxygens (including phenoxy) is 1. The molecule has 0 spiro atoms. The first kappa shape index (κ1) is 9.13. The average Bonchev–Trinajstić information content (AvgIpc) is 2.05. The lowest BCUT2D eigenvalue weighted by molar-refractivity contribution is -0.130. The molecule has 0 N–H and O–H groups in total. The van der Waals surface area contributed by atoms with Crippen molar-refractivity contribution in [2.24, 2.45) is 0 Å². The van der Waals surface area contributed by atoms with Crippen LogP contribution in [0.25, 0.3) is 0 Å². The first-order chi connectivity index (χ1) is 5.74. The lowest BCUT2D eigenvalue weighted by Gasteiger charge is -2.19. The standard InChI is InChI=1S/C8H10NO3/c1-7(11)8-6-9(2-4-10)3-5-12-8/h8H,3,5-6H2,1H3/q+1. The van der Waals surface area contributed by atoms with Crippen LogP contribution in [0, 0.1) is 6.20 Å². The van der Waals surface area contributed by atoms with Gasteiger partial charge in [-0.15, -0.1) is 4.90 Å². The van der Waals surface area contributed by atoms with Gasteiger partial charge in [-0.05, 0) is 6.92 Å². The van der Waals surface area contributed by atoms with Gasteiger partial charge in [-0.25, -0.2) is 4.79 Å². The fourth-order valence-corrected chi connectivity index (χ4v) is 1.06. The molecular weight excluding hydrogens is 158 g/mol. The van der Waals surface area contributed by atoms with Crippen molar-refractivity contribution in [1.29, 1.82) is 0 Å². The van der Waals surface area contributed by atoms with Crippen LogP contribution in [0.2, 0.25) is 0 Å². The van der Waals surface area contributed by atoms with Gasteiger partial charge in [-0.3, -0.25) is 4.79 Å². The molecule has 4 heteroatoms. The van der Waals surface area contributed by atoms with Crippen molar-refractivity contribution in [3.8, 4) is 0 Å². The molecule has 1 aliphatic heterocycles. The number of morpholine rings is 1. The maximum atomic E-state index is 10.9. The van der Waals surface area contributed by atoms with Gasteiger partial charge in [0.05, 0.1) is 0 Å². The number of nitrogens with zero attached hydrogens (tertiary/aromatic N) is 1. The largest absolute Gasteiger partial charge is 0.358 e. The molecule has 0 amide bonds. The smallest absolute Gasteiger partial charge is 0.343 e. The second-order valence-corrected chi connectivity index (χ2v) is 2.63. The van der Waals surface area contributed by atoms with E-state index in [0.717, 1.165) is 0 Å². The minimum absolute atomic E-state index is 0.0209. The summed E-state index contributed by atoms with van der Waals surface area (Å²) < 4.78 is 5.15. The predicted octanol–water partition coefficient (Wildman–Crippen LogP) is -0.737. The maximum absolute atomic E-state index is 10.9. The van der Waals surface area contributed by atoms with Gasteiger partial charge in [-0.2, -0.15) is 0 Å². The first-order valence-corrected chi connectivity index (χ1v) is 3.74. The maximum Gasteiger partial charge on any atom is 0.343 e. The molecule has 0 aromatic heterocycles. The van der Waals surface area contributed by atoms with E-state index in [1.54, 1.807) is 10.8 Å².